The fourth-order valence-corrected chi connectivity index (χ4v) is 2.22. The highest BCUT2D eigenvalue weighted by atomic mass is 19.1. The summed E-state index contributed by atoms with van der Waals surface area (Å²) in [6.45, 7) is 0.267. The zero-order valence-corrected chi connectivity index (χ0v) is 11.1. The quantitative estimate of drug-likeness (QED) is 0.795. The van der Waals surface area contributed by atoms with Crippen LogP contribution in [0.4, 0.5) is 8.78 Å². The van der Waals surface area contributed by atoms with Crippen molar-refractivity contribution in [3.8, 4) is 5.75 Å². The van der Waals surface area contributed by atoms with E-state index < -0.39 is 11.6 Å². The molecule has 108 valence electrons. The summed E-state index contributed by atoms with van der Waals surface area (Å²) in [6.07, 6.45) is 0. The Hall–Kier alpha value is -2.40. The Morgan fingerprint density at radius 2 is 1.90 bits per heavy atom. The van der Waals surface area contributed by atoms with Crippen molar-refractivity contribution < 1.29 is 17.9 Å². The van der Waals surface area contributed by atoms with Crippen LogP contribution >= 0.6 is 0 Å². The van der Waals surface area contributed by atoms with Crippen molar-refractivity contribution in [1.29, 1.82) is 0 Å². The van der Waals surface area contributed by atoms with E-state index in [0.717, 1.165) is 29.1 Å². The Bertz CT molecular complexity index is 783. The number of rotatable bonds is 4. The van der Waals surface area contributed by atoms with Crippen LogP contribution in [0.15, 0.2) is 46.9 Å². The van der Waals surface area contributed by atoms with E-state index in [2.05, 4.69) is 0 Å². The van der Waals surface area contributed by atoms with E-state index >= 15 is 0 Å². The molecule has 1 aromatic heterocycles. The molecule has 0 bridgehead atoms. The van der Waals surface area contributed by atoms with Crippen LogP contribution in [0.5, 0.6) is 5.75 Å². The lowest BCUT2D eigenvalue weighted by Gasteiger charge is -2.06. The summed E-state index contributed by atoms with van der Waals surface area (Å²) in [4.78, 5) is 0. The molecule has 3 nitrogen and oxygen atoms in total. The van der Waals surface area contributed by atoms with Gasteiger partial charge in [-0.25, -0.2) is 8.78 Å². The molecule has 0 aliphatic heterocycles. The average molecular weight is 289 g/mol. The fourth-order valence-electron chi connectivity index (χ4n) is 2.22. The summed E-state index contributed by atoms with van der Waals surface area (Å²) < 4.78 is 37.6. The van der Waals surface area contributed by atoms with Crippen LogP contribution in [0.3, 0.4) is 0 Å². The van der Waals surface area contributed by atoms with Crippen LogP contribution in [0.2, 0.25) is 0 Å². The highest BCUT2D eigenvalue weighted by Crippen LogP contribution is 2.27. The molecule has 0 atom stereocenters. The van der Waals surface area contributed by atoms with Crippen molar-refractivity contribution in [3.63, 3.8) is 0 Å². The van der Waals surface area contributed by atoms with Gasteiger partial charge in [0.25, 0.3) is 0 Å². The molecule has 0 radical (unpaired) electrons. The molecule has 0 saturated heterocycles. The third-order valence-electron chi connectivity index (χ3n) is 3.24. The molecular weight excluding hydrogens is 276 g/mol. The van der Waals surface area contributed by atoms with Crippen LogP contribution in [0.1, 0.15) is 11.3 Å². The predicted octanol–water partition coefficient (Wildman–Crippen LogP) is 3.75. The second-order valence-electron chi connectivity index (χ2n) is 4.57. The van der Waals surface area contributed by atoms with E-state index in [4.69, 9.17) is 14.9 Å². The second-order valence-corrected chi connectivity index (χ2v) is 4.57. The molecule has 0 fully saturated rings. The third kappa shape index (κ3) is 2.60. The van der Waals surface area contributed by atoms with Gasteiger partial charge in [0.1, 0.15) is 23.8 Å². The number of para-hydroxylation sites is 1. The summed E-state index contributed by atoms with van der Waals surface area (Å²) in [5.74, 6) is -0.822. The lowest BCUT2D eigenvalue weighted by molar-refractivity contribution is 0.259. The minimum atomic E-state index is -0.623. The monoisotopic (exact) mass is 289 g/mol. The van der Waals surface area contributed by atoms with Gasteiger partial charge in [0.15, 0.2) is 11.6 Å². The second kappa shape index (κ2) is 5.54. The maximum atomic E-state index is 13.5. The number of ether oxygens (including phenoxy) is 1. The molecule has 2 aromatic carbocycles. The van der Waals surface area contributed by atoms with Gasteiger partial charge in [0, 0.05) is 23.6 Å². The van der Waals surface area contributed by atoms with E-state index in [1.807, 2.05) is 24.3 Å². The normalized spacial score (nSPS) is 11.0. The Morgan fingerprint density at radius 1 is 1.10 bits per heavy atom. The average Bonchev–Trinajstić information content (AvgIpc) is 2.85. The van der Waals surface area contributed by atoms with Crippen molar-refractivity contribution in [1.82, 2.24) is 0 Å². The number of hydrogen-bond donors (Lipinski definition) is 1. The highest BCUT2D eigenvalue weighted by molar-refractivity contribution is 5.82. The standard InChI is InChI=1S/C16H13F2NO2/c17-10-5-6-13(18)15(7-10)20-9-16-12(8-19)11-3-1-2-4-14(11)21-16/h1-7H,8-9,19H2. The molecule has 21 heavy (non-hydrogen) atoms. The van der Waals surface area contributed by atoms with Crippen LogP contribution < -0.4 is 10.5 Å². The van der Waals surface area contributed by atoms with Gasteiger partial charge in [-0.05, 0) is 18.2 Å². The molecule has 3 aromatic rings. The topological polar surface area (TPSA) is 48.4 Å². The first-order valence-electron chi connectivity index (χ1n) is 6.46. The lowest BCUT2D eigenvalue weighted by Crippen LogP contribution is -2.03. The third-order valence-corrected chi connectivity index (χ3v) is 3.24. The van der Waals surface area contributed by atoms with Crippen LogP contribution in [-0.4, -0.2) is 0 Å². The summed E-state index contributed by atoms with van der Waals surface area (Å²) in [6, 6.07) is 10.5. The van der Waals surface area contributed by atoms with Gasteiger partial charge in [0.2, 0.25) is 0 Å². The van der Waals surface area contributed by atoms with Crippen LogP contribution in [-0.2, 0) is 13.2 Å². The molecule has 2 N–H and O–H groups in total. The number of furan rings is 1. The summed E-state index contributed by atoms with van der Waals surface area (Å²) in [5.41, 5.74) is 7.23. The number of hydrogen-bond acceptors (Lipinski definition) is 3. The molecule has 0 spiro atoms. The Balaban J connectivity index is 1.89. The molecular formula is C16H13F2NO2. The van der Waals surface area contributed by atoms with E-state index in [9.17, 15) is 8.78 Å². The van der Waals surface area contributed by atoms with E-state index in [0.29, 0.717) is 11.3 Å². The zero-order valence-electron chi connectivity index (χ0n) is 11.1. The molecule has 3 rings (SSSR count). The Labute approximate surface area is 119 Å². The molecule has 0 saturated carbocycles. The SMILES string of the molecule is NCc1c(COc2cc(F)ccc2F)oc2ccccc12. The molecule has 0 amide bonds. The van der Waals surface area contributed by atoms with Crippen molar-refractivity contribution in [2.24, 2.45) is 5.73 Å². The largest absolute Gasteiger partial charge is 0.482 e. The molecule has 1 heterocycles. The van der Waals surface area contributed by atoms with E-state index in [1.165, 1.54) is 0 Å². The molecule has 0 aliphatic rings. The van der Waals surface area contributed by atoms with Gasteiger partial charge in [-0.2, -0.15) is 0 Å². The maximum absolute atomic E-state index is 13.5. The highest BCUT2D eigenvalue weighted by Gasteiger charge is 2.14. The van der Waals surface area contributed by atoms with Crippen molar-refractivity contribution in [2.75, 3.05) is 0 Å². The number of benzene rings is 2. The van der Waals surface area contributed by atoms with Crippen LogP contribution in [0.25, 0.3) is 11.0 Å². The van der Waals surface area contributed by atoms with Crippen molar-refractivity contribution >= 4 is 11.0 Å². The predicted molar refractivity (Wildman–Crippen MR) is 74.8 cm³/mol. The zero-order chi connectivity index (χ0) is 14.8. The smallest absolute Gasteiger partial charge is 0.165 e. The number of nitrogens with two attached hydrogens (primary N) is 1. The fraction of sp³-hybridized carbons (Fsp3) is 0.125. The van der Waals surface area contributed by atoms with Gasteiger partial charge in [0.05, 0.1) is 0 Å². The summed E-state index contributed by atoms with van der Waals surface area (Å²) in [5, 5.41) is 0.901. The lowest BCUT2D eigenvalue weighted by atomic mass is 10.1. The maximum Gasteiger partial charge on any atom is 0.165 e. The van der Waals surface area contributed by atoms with Gasteiger partial charge in [-0.15, -0.1) is 0 Å². The van der Waals surface area contributed by atoms with Gasteiger partial charge in [-0.1, -0.05) is 18.2 Å². The first-order chi connectivity index (χ1) is 10.2. The Morgan fingerprint density at radius 3 is 2.71 bits per heavy atom. The number of halogens is 2. The van der Waals surface area contributed by atoms with Gasteiger partial charge in [-0.3, -0.25) is 0 Å². The first kappa shape index (κ1) is 13.6. The summed E-state index contributed by atoms with van der Waals surface area (Å²) in [7, 11) is 0. The van der Waals surface area contributed by atoms with E-state index in [-0.39, 0.29) is 18.9 Å². The minimum Gasteiger partial charge on any atom is -0.482 e. The Kier molecular flexibility index (Phi) is 3.58. The van der Waals surface area contributed by atoms with E-state index in [1.54, 1.807) is 0 Å². The van der Waals surface area contributed by atoms with Crippen molar-refractivity contribution in [2.45, 2.75) is 13.2 Å². The molecule has 5 heteroatoms. The van der Waals surface area contributed by atoms with Gasteiger partial charge < -0.3 is 14.9 Å². The summed E-state index contributed by atoms with van der Waals surface area (Å²) >= 11 is 0. The number of fused-ring (bicyclic) bond motifs is 1. The molecule has 0 aliphatic carbocycles. The van der Waals surface area contributed by atoms with Crippen LogP contribution in [0, 0.1) is 11.6 Å². The van der Waals surface area contributed by atoms with Crippen molar-refractivity contribution in [3.05, 3.63) is 65.4 Å². The molecule has 0 unspecified atom stereocenters. The minimum absolute atomic E-state index is 0.0123. The van der Waals surface area contributed by atoms with Gasteiger partial charge >= 0.3 is 0 Å². The first-order valence-corrected chi connectivity index (χ1v) is 6.46.